The number of nitrogens with one attached hydrogen (secondary N) is 1. The highest BCUT2D eigenvalue weighted by molar-refractivity contribution is 7.97. The third kappa shape index (κ3) is 5.34. The summed E-state index contributed by atoms with van der Waals surface area (Å²) < 4.78 is 4.37. The number of carbonyl (C=O) groups is 2. The molecule has 0 bridgehead atoms. The van der Waals surface area contributed by atoms with Crippen molar-refractivity contribution < 1.29 is 14.3 Å². The van der Waals surface area contributed by atoms with Crippen LogP contribution >= 0.6 is 23.4 Å². The van der Waals surface area contributed by atoms with Gasteiger partial charge in [-0.05, 0) is 24.0 Å². The molecule has 0 saturated carbocycles. The van der Waals surface area contributed by atoms with E-state index in [0.29, 0.717) is 10.7 Å². The summed E-state index contributed by atoms with van der Waals surface area (Å²) in [7, 11) is 1.14. The Balaban J connectivity index is 2.36. The van der Waals surface area contributed by atoms with Gasteiger partial charge in [0.25, 0.3) is 0 Å². The van der Waals surface area contributed by atoms with Crippen molar-refractivity contribution in [3.05, 3.63) is 70.2 Å². The largest absolute Gasteiger partial charge is 0.462 e. The average molecular weight is 377 g/mol. The molecule has 130 valence electrons. The number of benzene rings is 2. The zero-order valence-electron chi connectivity index (χ0n) is 13.8. The smallest absolute Gasteiger partial charge is 0.398 e. The third-order valence-corrected chi connectivity index (χ3v) is 4.17. The zero-order chi connectivity index (χ0) is 18.2. The second-order valence-electron chi connectivity index (χ2n) is 5.03. The highest BCUT2D eigenvalue weighted by atomic mass is 35.5. The fraction of sp³-hybridized carbons (Fsp3) is 0.167. The highest BCUT2D eigenvalue weighted by Gasteiger charge is 2.14. The lowest BCUT2D eigenvalue weighted by molar-refractivity contribution is -0.152. The summed E-state index contributed by atoms with van der Waals surface area (Å²) in [6.07, 6.45) is 2.04. The highest BCUT2D eigenvalue weighted by Crippen LogP contribution is 2.17. The normalized spacial score (nSPS) is 11.1. The number of esters is 1. The van der Waals surface area contributed by atoms with Gasteiger partial charge in [0.05, 0.1) is 12.8 Å². The second-order valence-corrected chi connectivity index (χ2v) is 6.33. The predicted molar refractivity (Wildman–Crippen MR) is 101 cm³/mol. The van der Waals surface area contributed by atoms with Gasteiger partial charge in [-0.3, -0.25) is 4.79 Å². The topological polar surface area (TPSA) is 67.8 Å². The first-order chi connectivity index (χ1) is 12.0. The minimum absolute atomic E-state index is 0.518. The first-order valence-corrected chi connectivity index (χ1v) is 9.12. The molecule has 7 heteroatoms. The minimum Gasteiger partial charge on any atom is -0.462 e. The Labute approximate surface area is 155 Å². The Morgan fingerprint density at radius 2 is 1.64 bits per heavy atom. The van der Waals surface area contributed by atoms with Crippen LogP contribution in [0, 0.1) is 0 Å². The number of nitrogens with zero attached hydrogens (tertiary/aromatic N) is 1. The van der Waals surface area contributed by atoms with Crippen LogP contribution in [0.4, 0.5) is 0 Å². The van der Waals surface area contributed by atoms with Gasteiger partial charge < -0.3 is 4.74 Å². The van der Waals surface area contributed by atoms with Crippen molar-refractivity contribution >= 4 is 41.0 Å². The van der Waals surface area contributed by atoms with E-state index in [1.54, 1.807) is 36.0 Å². The molecule has 0 spiro atoms. The molecular formula is C18H17ClN2O3S. The molecule has 0 atom stereocenters. The molecule has 25 heavy (non-hydrogen) atoms. The van der Waals surface area contributed by atoms with E-state index in [2.05, 4.69) is 15.3 Å². The van der Waals surface area contributed by atoms with Crippen LogP contribution in [0.15, 0.2) is 53.6 Å². The number of rotatable bonds is 5. The van der Waals surface area contributed by atoms with Crippen LogP contribution in [-0.4, -0.2) is 31.0 Å². The molecule has 0 radical (unpaired) electrons. The van der Waals surface area contributed by atoms with Crippen LogP contribution in [0.25, 0.3) is 0 Å². The van der Waals surface area contributed by atoms with Gasteiger partial charge in [-0.15, -0.1) is 0 Å². The van der Waals surface area contributed by atoms with Gasteiger partial charge in [0.2, 0.25) is 0 Å². The molecule has 1 amide bonds. The van der Waals surface area contributed by atoms with Crippen LogP contribution in [0.3, 0.4) is 0 Å². The van der Waals surface area contributed by atoms with E-state index >= 15 is 0 Å². The van der Waals surface area contributed by atoms with Crippen molar-refractivity contribution in [3.63, 3.8) is 0 Å². The van der Waals surface area contributed by atoms with E-state index in [1.165, 1.54) is 5.56 Å². The zero-order valence-corrected chi connectivity index (χ0v) is 15.4. The number of hydrogen-bond donors (Lipinski definition) is 1. The maximum atomic E-state index is 11.6. The molecule has 5 nitrogen and oxygen atoms in total. The van der Waals surface area contributed by atoms with E-state index in [1.807, 2.05) is 30.5 Å². The van der Waals surface area contributed by atoms with E-state index in [-0.39, 0.29) is 0 Å². The summed E-state index contributed by atoms with van der Waals surface area (Å²) in [5, 5.41) is 4.70. The number of ether oxygens (including phenoxy) is 1. The van der Waals surface area contributed by atoms with Crippen molar-refractivity contribution in [2.75, 3.05) is 13.4 Å². The molecule has 2 aromatic carbocycles. The van der Waals surface area contributed by atoms with Gasteiger partial charge in [-0.1, -0.05) is 48.0 Å². The molecule has 0 saturated heterocycles. The molecule has 0 aromatic heterocycles. The lowest BCUT2D eigenvalue weighted by Crippen LogP contribution is -2.29. The molecular weight excluding hydrogens is 360 g/mol. The average Bonchev–Trinajstić information content (AvgIpc) is 2.64. The first-order valence-electron chi connectivity index (χ1n) is 7.35. The number of thioether (sulfide) groups is 1. The van der Waals surface area contributed by atoms with Crippen molar-refractivity contribution in [2.24, 2.45) is 5.10 Å². The van der Waals surface area contributed by atoms with Crippen molar-refractivity contribution in [1.29, 1.82) is 0 Å². The second kappa shape index (κ2) is 9.25. The lowest BCUT2D eigenvalue weighted by atomic mass is 10.0. The summed E-state index contributed by atoms with van der Waals surface area (Å²) in [6, 6.07) is 14.9. The monoisotopic (exact) mass is 376 g/mol. The van der Waals surface area contributed by atoms with Gasteiger partial charge >= 0.3 is 11.9 Å². The number of hydrogen-bond acceptors (Lipinski definition) is 5. The Morgan fingerprint density at radius 1 is 1.08 bits per heavy atom. The molecule has 2 aromatic rings. The summed E-state index contributed by atoms with van der Waals surface area (Å²) in [6.45, 7) is 0. The van der Waals surface area contributed by atoms with Crippen LogP contribution in [0.2, 0.25) is 5.02 Å². The Morgan fingerprint density at radius 3 is 2.16 bits per heavy atom. The van der Waals surface area contributed by atoms with Crippen molar-refractivity contribution in [3.8, 4) is 0 Å². The standard InChI is InChI=1S/C18H17ClN2O3S/c1-24-18(23)17(22)21-20-16(14-7-9-15(19)10-8-14)13-5-3-12(4-6-13)11-25-2/h3-10H,11H2,1-2H3,(H,21,22)/b20-16-. The summed E-state index contributed by atoms with van der Waals surface area (Å²) in [5.41, 5.74) is 5.49. The van der Waals surface area contributed by atoms with E-state index in [4.69, 9.17) is 11.6 Å². The quantitative estimate of drug-likeness (QED) is 0.376. The van der Waals surface area contributed by atoms with E-state index in [0.717, 1.165) is 24.0 Å². The fourth-order valence-corrected chi connectivity index (χ4v) is 2.73. The molecule has 0 aliphatic carbocycles. The summed E-state index contributed by atoms with van der Waals surface area (Å²) in [5.74, 6) is -1.03. The molecule has 1 N–H and O–H groups in total. The van der Waals surface area contributed by atoms with Crippen LogP contribution in [0.5, 0.6) is 0 Å². The fourth-order valence-electron chi connectivity index (χ4n) is 2.07. The minimum atomic E-state index is -1.01. The van der Waals surface area contributed by atoms with E-state index < -0.39 is 11.9 Å². The Kier molecular flexibility index (Phi) is 7.03. The maximum absolute atomic E-state index is 11.6. The van der Waals surface area contributed by atoms with Crippen LogP contribution < -0.4 is 5.43 Å². The van der Waals surface area contributed by atoms with Gasteiger partial charge in [0.1, 0.15) is 0 Å². The van der Waals surface area contributed by atoms with E-state index in [9.17, 15) is 9.59 Å². The Bertz CT molecular complexity index is 774. The molecule has 2 rings (SSSR count). The van der Waals surface area contributed by atoms with Crippen molar-refractivity contribution in [2.45, 2.75) is 5.75 Å². The van der Waals surface area contributed by atoms with Crippen molar-refractivity contribution in [1.82, 2.24) is 5.43 Å². The Hall–Kier alpha value is -2.31. The molecule has 0 fully saturated rings. The third-order valence-electron chi connectivity index (χ3n) is 3.30. The van der Waals surface area contributed by atoms with Crippen LogP contribution in [-0.2, 0) is 20.1 Å². The van der Waals surface area contributed by atoms with Gasteiger partial charge in [-0.2, -0.15) is 16.9 Å². The molecule has 0 heterocycles. The number of hydrazone groups is 1. The van der Waals surface area contributed by atoms with Gasteiger partial charge in [-0.25, -0.2) is 10.2 Å². The summed E-state index contributed by atoms with van der Waals surface area (Å²) >= 11 is 7.67. The molecule has 0 aliphatic rings. The molecule has 0 unspecified atom stereocenters. The van der Waals surface area contributed by atoms with Gasteiger partial charge in [0.15, 0.2) is 0 Å². The SMILES string of the molecule is COC(=O)C(=O)N/N=C(\c1ccc(Cl)cc1)c1ccc(CSC)cc1. The first kappa shape index (κ1) is 19.0. The molecule has 0 aliphatic heterocycles. The number of amides is 1. The predicted octanol–water partition coefficient (Wildman–Crippen LogP) is 3.24. The van der Waals surface area contributed by atoms with Crippen LogP contribution in [0.1, 0.15) is 16.7 Å². The summed E-state index contributed by atoms with van der Waals surface area (Å²) in [4.78, 5) is 22.9. The van der Waals surface area contributed by atoms with Gasteiger partial charge in [0, 0.05) is 21.9 Å². The lowest BCUT2D eigenvalue weighted by Gasteiger charge is -2.09. The number of methoxy groups -OCH3 is 1. The number of carbonyl (C=O) groups excluding carboxylic acids is 2. The number of halogens is 1. The maximum Gasteiger partial charge on any atom is 0.398 e.